The molecule has 1 heteroatoms. The lowest BCUT2D eigenvalue weighted by Gasteiger charge is -2.24. The first-order valence-electron chi connectivity index (χ1n) is 6.56. The number of hydrogen-bond donors (Lipinski definition) is 0. The lowest BCUT2D eigenvalue weighted by molar-refractivity contribution is 0.0983. The molecule has 0 heterocycles. The van der Waals surface area contributed by atoms with E-state index in [-0.39, 0.29) is 5.60 Å². The molecule has 98 valence electrons. The second-order valence-electron chi connectivity index (χ2n) is 5.50. The maximum absolute atomic E-state index is 6.09. The molecule has 0 amide bonds. The maximum atomic E-state index is 6.09. The van der Waals surface area contributed by atoms with Gasteiger partial charge in [0.2, 0.25) is 0 Å². The van der Waals surface area contributed by atoms with Crippen molar-refractivity contribution in [3.05, 3.63) is 71.8 Å². The van der Waals surface area contributed by atoms with Gasteiger partial charge in [0.15, 0.2) is 0 Å². The van der Waals surface area contributed by atoms with E-state index in [4.69, 9.17) is 4.74 Å². The van der Waals surface area contributed by atoms with Gasteiger partial charge in [-0.15, -0.1) is 0 Å². The van der Waals surface area contributed by atoms with Crippen molar-refractivity contribution >= 4 is 11.8 Å². The second kappa shape index (κ2) is 5.75. The van der Waals surface area contributed by atoms with E-state index in [2.05, 4.69) is 51.1 Å². The van der Waals surface area contributed by atoms with Gasteiger partial charge in [-0.2, -0.15) is 0 Å². The first-order valence-corrected chi connectivity index (χ1v) is 6.56. The fraction of sp³-hybridized carbons (Fsp3) is 0.222. The maximum Gasteiger partial charge on any atom is 0.127 e. The zero-order valence-electron chi connectivity index (χ0n) is 11.8. The molecule has 0 atom stereocenters. The minimum absolute atomic E-state index is 0.212. The fourth-order valence-electron chi connectivity index (χ4n) is 1.80. The van der Waals surface area contributed by atoms with Crippen LogP contribution in [0.3, 0.4) is 0 Å². The van der Waals surface area contributed by atoms with Crippen molar-refractivity contribution in [1.82, 2.24) is 0 Å². The molecule has 0 aliphatic heterocycles. The molecule has 0 saturated heterocycles. The molecule has 0 aliphatic carbocycles. The van der Waals surface area contributed by atoms with Crippen molar-refractivity contribution in [3.8, 4) is 0 Å². The molecule has 1 nitrogen and oxygen atoms in total. The first-order chi connectivity index (χ1) is 9.04. The molecule has 2 aromatic carbocycles. The van der Waals surface area contributed by atoms with Gasteiger partial charge in [0.05, 0.1) is 0 Å². The standard InChI is InChI=1S/C18H20O/c1-18(2,3)19-17(16-12-8-5-9-13-16)14-15-10-6-4-7-11-15/h4-14H,1-3H3. The van der Waals surface area contributed by atoms with Gasteiger partial charge in [-0.1, -0.05) is 60.7 Å². The van der Waals surface area contributed by atoms with E-state index in [1.807, 2.05) is 36.4 Å². The van der Waals surface area contributed by atoms with E-state index in [9.17, 15) is 0 Å². The molecular formula is C18H20O. The van der Waals surface area contributed by atoms with Crippen LogP contribution in [0.4, 0.5) is 0 Å². The summed E-state index contributed by atoms with van der Waals surface area (Å²) in [6.45, 7) is 6.19. The zero-order chi connectivity index (χ0) is 13.7. The van der Waals surface area contributed by atoms with Crippen molar-refractivity contribution in [2.24, 2.45) is 0 Å². The Hall–Kier alpha value is -2.02. The number of rotatable bonds is 3. The largest absolute Gasteiger partial charge is 0.488 e. The third kappa shape index (κ3) is 4.29. The van der Waals surface area contributed by atoms with Gasteiger partial charge in [-0.25, -0.2) is 0 Å². The number of hydrogen-bond acceptors (Lipinski definition) is 1. The van der Waals surface area contributed by atoms with Crippen molar-refractivity contribution in [2.75, 3.05) is 0 Å². The highest BCUT2D eigenvalue weighted by Crippen LogP contribution is 2.25. The smallest absolute Gasteiger partial charge is 0.127 e. The van der Waals surface area contributed by atoms with Crippen LogP contribution in [0.2, 0.25) is 0 Å². The molecule has 0 N–H and O–H groups in total. The normalized spacial score (nSPS) is 12.3. The van der Waals surface area contributed by atoms with E-state index in [0.717, 1.165) is 16.9 Å². The minimum atomic E-state index is -0.212. The molecule has 0 spiro atoms. The van der Waals surface area contributed by atoms with Crippen LogP contribution in [-0.4, -0.2) is 5.60 Å². The first kappa shape index (κ1) is 13.4. The van der Waals surface area contributed by atoms with Gasteiger partial charge in [-0.3, -0.25) is 0 Å². The van der Waals surface area contributed by atoms with Gasteiger partial charge in [0, 0.05) is 5.56 Å². The quantitative estimate of drug-likeness (QED) is 0.551. The topological polar surface area (TPSA) is 9.23 Å². The zero-order valence-corrected chi connectivity index (χ0v) is 11.8. The third-order valence-electron chi connectivity index (χ3n) is 2.57. The second-order valence-corrected chi connectivity index (χ2v) is 5.50. The molecule has 2 rings (SSSR count). The number of benzene rings is 2. The van der Waals surface area contributed by atoms with E-state index >= 15 is 0 Å². The van der Waals surface area contributed by atoms with Gasteiger partial charge in [-0.05, 0) is 32.4 Å². The summed E-state index contributed by atoms with van der Waals surface area (Å²) >= 11 is 0. The lowest BCUT2D eigenvalue weighted by Crippen LogP contribution is -2.18. The molecule has 0 radical (unpaired) electrons. The van der Waals surface area contributed by atoms with Crippen molar-refractivity contribution in [2.45, 2.75) is 26.4 Å². The summed E-state index contributed by atoms with van der Waals surface area (Å²) in [5.41, 5.74) is 2.03. The summed E-state index contributed by atoms with van der Waals surface area (Å²) in [4.78, 5) is 0. The van der Waals surface area contributed by atoms with Gasteiger partial charge in [0.1, 0.15) is 11.4 Å². The molecule has 0 bridgehead atoms. The van der Waals surface area contributed by atoms with Crippen LogP contribution >= 0.6 is 0 Å². The molecule has 0 unspecified atom stereocenters. The summed E-state index contributed by atoms with van der Waals surface area (Å²) in [6.07, 6.45) is 2.08. The summed E-state index contributed by atoms with van der Waals surface area (Å²) < 4.78 is 6.09. The minimum Gasteiger partial charge on any atom is -0.488 e. The predicted octanol–water partition coefficient (Wildman–Crippen LogP) is 5.00. The molecule has 0 saturated carbocycles. The van der Waals surface area contributed by atoms with E-state index < -0.39 is 0 Å². The predicted molar refractivity (Wildman–Crippen MR) is 81.6 cm³/mol. The Labute approximate surface area is 115 Å². The van der Waals surface area contributed by atoms with E-state index in [1.54, 1.807) is 0 Å². The Morgan fingerprint density at radius 2 is 1.37 bits per heavy atom. The third-order valence-corrected chi connectivity index (χ3v) is 2.57. The Kier molecular flexibility index (Phi) is 4.06. The Morgan fingerprint density at radius 1 is 0.842 bits per heavy atom. The fourth-order valence-corrected chi connectivity index (χ4v) is 1.80. The van der Waals surface area contributed by atoms with Crippen LogP contribution in [0.1, 0.15) is 31.9 Å². The summed E-state index contributed by atoms with van der Waals surface area (Å²) in [5.74, 6) is 0.902. The summed E-state index contributed by atoms with van der Waals surface area (Å²) in [6, 6.07) is 20.5. The van der Waals surface area contributed by atoms with Crippen LogP contribution in [-0.2, 0) is 4.74 Å². The van der Waals surface area contributed by atoms with E-state index in [0.29, 0.717) is 0 Å². The molecular weight excluding hydrogens is 232 g/mol. The average Bonchev–Trinajstić information content (AvgIpc) is 2.39. The molecule has 2 aromatic rings. The van der Waals surface area contributed by atoms with Gasteiger partial charge >= 0.3 is 0 Å². The van der Waals surface area contributed by atoms with Crippen molar-refractivity contribution in [1.29, 1.82) is 0 Å². The van der Waals surface area contributed by atoms with Gasteiger partial charge < -0.3 is 4.74 Å². The lowest BCUT2D eigenvalue weighted by atomic mass is 10.1. The van der Waals surface area contributed by atoms with Gasteiger partial charge in [0.25, 0.3) is 0 Å². The highest BCUT2D eigenvalue weighted by Gasteiger charge is 2.14. The van der Waals surface area contributed by atoms with Crippen LogP contribution in [0.15, 0.2) is 60.7 Å². The molecule has 0 aromatic heterocycles. The highest BCUT2D eigenvalue weighted by molar-refractivity contribution is 5.77. The monoisotopic (exact) mass is 252 g/mol. The molecule has 0 aliphatic rings. The van der Waals surface area contributed by atoms with Crippen molar-refractivity contribution in [3.63, 3.8) is 0 Å². The van der Waals surface area contributed by atoms with Crippen LogP contribution in [0, 0.1) is 0 Å². The number of ether oxygens (including phenoxy) is 1. The van der Waals surface area contributed by atoms with Crippen LogP contribution in [0.5, 0.6) is 0 Å². The molecule has 0 fully saturated rings. The highest BCUT2D eigenvalue weighted by atomic mass is 16.5. The SMILES string of the molecule is CC(C)(C)OC(=Cc1ccccc1)c1ccccc1. The van der Waals surface area contributed by atoms with E-state index in [1.165, 1.54) is 0 Å². The molecule has 19 heavy (non-hydrogen) atoms. The Morgan fingerprint density at radius 3 is 1.89 bits per heavy atom. The van der Waals surface area contributed by atoms with Crippen LogP contribution < -0.4 is 0 Å². The van der Waals surface area contributed by atoms with Crippen molar-refractivity contribution < 1.29 is 4.74 Å². The average molecular weight is 252 g/mol. The Bertz CT molecular complexity index is 533. The summed E-state index contributed by atoms with van der Waals surface area (Å²) in [7, 11) is 0. The van der Waals surface area contributed by atoms with Crippen LogP contribution in [0.25, 0.3) is 11.8 Å². The Balaban J connectivity index is 2.38. The summed E-state index contributed by atoms with van der Waals surface area (Å²) in [5, 5.41) is 0.